The summed E-state index contributed by atoms with van der Waals surface area (Å²) in [7, 11) is 0. The van der Waals surface area contributed by atoms with Crippen LogP contribution in [0.5, 0.6) is 0 Å². The summed E-state index contributed by atoms with van der Waals surface area (Å²) in [6, 6.07) is 4.77. The Morgan fingerprint density at radius 3 is 2.53 bits per heavy atom. The molecule has 1 aromatic rings. The molecule has 2 N–H and O–H groups in total. The predicted octanol–water partition coefficient (Wildman–Crippen LogP) is 2.26. The highest BCUT2D eigenvalue weighted by molar-refractivity contribution is 7.80. The molecule has 0 radical (unpaired) electrons. The zero-order chi connectivity index (χ0) is 14.4. The van der Waals surface area contributed by atoms with E-state index < -0.39 is 5.41 Å². The maximum Gasteiger partial charge on any atom is 0.239 e. The van der Waals surface area contributed by atoms with E-state index in [9.17, 15) is 9.59 Å². The molecule has 19 heavy (non-hydrogen) atoms. The highest BCUT2D eigenvalue weighted by Crippen LogP contribution is 2.37. The number of amides is 2. The molecule has 0 atom stereocenters. The molecule has 0 unspecified atom stereocenters. The standard InChI is InChI=1S/C13H13ClN2O2S/c1-13(2)6-10(17)16(12(13)18)9-5-7(14)3-4-8(9)11(15)19/h3-5H,6H2,1-2H3,(H2,15,19). The van der Waals surface area contributed by atoms with Crippen molar-refractivity contribution in [2.24, 2.45) is 11.1 Å². The van der Waals surface area contributed by atoms with Crippen molar-refractivity contribution in [2.45, 2.75) is 20.3 Å². The van der Waals surface area contributed by atoms with Gasteiger partial charge in [0.2, 0.25) is 11.8 Å². The van der Waals surface area contributed by atoms with Gasteiger partial charge in [-0.3, -0.25) is 9.59 Å². The van der Waals surface area contributed by atoms with E-state index in [4.69, 9.17) is 29.6 Å². The van der Waals surface area contributed by atoms with E-state index in [0.29, 0.717) is 16.3 Å². The molecule has 100 valence electrons. The smallest absolute Gasteiger partial charge is 0.239 e. The zero-order valence-electron chi connectivity index (χ0n) is 10.6. The lowest BCUT2D eigenvalue weighted by molar-refractivity contribution is -0.124. The SMILES string of the molecule is CC1(C)CC(=O)N(c2cc(Cl)ccc2C(N)=S)C1=O. The molecule has 1 fully saturated rings. The van der Waals surface area contributed by atoms with Crippen molar-refractivity contribution in [3.8, 4) is 0 Å². The topological polar surface area (TPSA) is 63.4 Å². The lowest BCUT2D eigenvalue weighted by Gasteiger charge is -2.20. The lowest BCUT2D eigenvalue weighted by Crippen LogP contribution is -2.34. The molecule has 2 amide bonds. The molecule has 0 aromatic heterocycles. The Morgan fingerprint density at radius 1 is 1.42 bits per heavy atom. The molecular formula is C13H13ClN2O2S. The summed E-state index contributed by atoms with van der Waals surface area (Å²) in [5, 5.41) is 0.417. The number of hydrogen-bond acceptors (Lipinski definition) is 3. The van der Waals surface area contributed by atoms with Gasteiger partial charge < -0.3 is 5.73 Å². The molecule has 0 bridgehead atoms. The van der Waals surface area contributed by atoms with Gasteiger partial charge in [-0.25, -0.2) is 4.90 Å². The van der Waals surface area contributed by atoms with Gasteiger partial charge in [0.25, 0.3) is 0 Å². The van der Waals surface area contributed by atoms with Crippen LogP contribution in [0.3, 0.4) is 0 Å². The molecular weight excluding hydrogens is 284 g/mol. The molecule has 0 spiro atoms. The average Bonchev–Trinajstić information content (AvgIpc) is 2.47. The number of hydrogen-bond donors (Lipinski definition) is 1. The quantitative estimate of drug-likeness (QED) is 0.672. The van der Waals surface area contributed by atoms with E-state index in [-0.39, 0.29) is 23.2 Å². The number of benzene rings is 1. The summed E-state index contributed by atoms with van der Waals surface area (Å²) in [6.45, 7) is 3.47. The van der Waals surface area contributed by atoms with Crippen LogP contribution >= 0.6 is 23.8 Å². The van der Waals surface area contributed by atoms with Crippen molar-refractivity contribution in [2.75, 3.05) is 4.90 Å². The number of anilines is 1. The van der Waals surface area contributed by atoms with Crippen LogP contribution in [0.4, 0.5) is 5.69 Å². The lowest BCUT2D eigenvalue weighted by atomic mass is 9.92. The molecule has 6 heteroatoms. The third-order valence-electron chi connectivity index (χ3n) is 3.09. The molecule has 4 nitrogen and oxygen atoms in total. The first kappa shape index (κ1) is 14.0. The number of halogens is 1. The molecule has 1 saturated heterocycles. The first-order valence-electron chi connectivity index (χ1n) is 5.71. The third kappa shape index (κ3) is 2.35. The van der Waals surface area contributed by atoms with Gasteiger partial charge in [0.05, 0.1) is 11.1 Å². The average molecular weight is 297 g/mol. The van der Waals surface area contributed by atoms with Gasteiger partial charge in [0.15, 0.2) is 0 Å². The normalized spacial score (nSPS) is 17.9. The van der Waals surface area contributed by atoms with Gasteiger partial charge in [-0.15, -0.1) is 0 Å². The van der Waals surface area contributed by atoms with Crippen LogP contribution in [0, 0.1) is 5.41 Å². The second-order valence-corrected chi connectivity index (χ2v) is 6.00. The van der Waals surface area contributed by atoms with Crippen LogP contribution < -0.4 is 10.6 Å². The van der Waals surface area contributed by atoms with Crippen molar-refractivity contribution in [3.05, 3.63) is 28.8 Å². The first-order chi connectivity index (χ1) is 8.74. The minimum absolute atomic E-state index is 0.122. The molecule has 1 aliphatic heterocycles. The molecule has 1 aliphatic rings. The molecule has 1 aromatic carbocycles. The predicted molar refractivity (Wildman–Crippen MR) is 78.2 cm³/mol. The van der Waals surface area contributed by atoms with Crippen molar-refractivity contribution in [3.63, 3.8) is 0 Å². The summed E-state index contributed by atoms with van der Waals surface area (Å²) >= 11 is 10.9. The number of thiocarbonyl (C=S) groups is 1. The van der Waals surface area contributed by atoms with Gasteiger partial charge in [-0.1, -0.05) is 37.7 Å². The third-order valence-corrected chi connectivity index (χ3v) is 3.55. The first-order valence-corrected chi connectivity index (χ1v) is 6.49. The second kappa shape index (κ2) is 4.58. The fourth-order valence-electron chi connectivity index (χ4n) is 2.09. The zero-order valence-corrected chi connectivity index (χ0v) is 12.1. The van der Waals surface area contributed by atoms with Crippen molar-refractivity contribution < 1.29 is 9.59 Å². The Kier molecular flexibility index (Phi) is 3.36. The van der Waals surface area contributed by atoms with Gasteiger partial charge in [0.1, 0.15) is 4.99 Å². The van der Waals surface area contributed by atoms with E-state index >= 15 is 0 Å². The van der Waals surface area contributed by atoms with Crippen molar-refractivity contribution in [1.82, 2.24) is 0 Å². The number of nitrogens with two attached hydrogens (primary N) is 1. The van der Waals surface area contributed by atoms with Gasteiger partial charge in [0, 0.05) is 17.0 Å². The second-order valence-electron chi connectivity index (χ2n) is 5.12. The largest absolute Gasteiger partial charge is 0.389 e. The minimum atomic E-state index is -0.715. The van der Waals surface area contributed by atoms with Crippen molar-refractivity contribution in [1.29, 1.82) is 0 Å². The highest BCUT2D eigenvalue weighted by Gasteiger charge is 2.46. The Balaban J connectivity index is 2.59. The number of nitrogens with zero attached hydrogens (tertiary/aromatic N) is 1. The minimum Gasteiger partial charge on any atom is -0.389 e. The molecule has 1 heterocycles. The van der Waals surface area contributed by atoms with Gasteiger partial charge in [-0.05, 0) is 18.2 Å². The van der Waals surface area contributed by atoms with E-state index in [2.05, 4.69) is 0 Å². The van der Waals surface area contributed by atoms with Crippen molar-refractivity contribution >= 4 is 46.3 Å². The van der Waals surface area contributed by atoms with Crippen LogP contribution in [0.2, 0.25) is 5.02 Å². The van der Waals surface area contributed by atoms with Gasteiger partial charge >= 0.3 is 0 Å². The Bertz CT molecular complexity index is 598. The molecule has 0 aliphatic carbocycles. The van der Waals surface area contributed by atoms with Crippen LogP contribution in [0.25, 0.3) is 0 Å². The van der Waals surface area contributed by atoms with Crippen LogP contribution in [0.15, 0.2) is 18.2 Å². The number of carbonyl (C=O) groups excluding carboxylic acids is 2. The monoisotopic (exact) mass is 296 g/mol. The van der Waals surface area contributed by atoms with E-state index in [1.54, 1.807) is 26.0 Å². The number of carbonyl (C=O) groups is 2. The summed E-state index contributed by atoms with van der Waals surface area (Å²) < 4.78 is 0. The maximum atomic E-state index is 12.3. The van der Waals surface area contributed by atoms with Gasteiger partial charge in [-0.2, -0.15) is 0 Å². The molecule has 0 saturated carbocycles. The Labute approximate surface area is 121 Å². The fourth-order valence-corrected chi connectivity index (χ4v) is 2.43. The Morgan fingerprint density at radius 2 is 2.05 bits per heavy atom. The van der Waals surface area contributed by atoms with E-state index in [0.717, 1.165) is 4.90 Å². The van der Waals surface area contributed by atoms with Crippen LogP contribution in [-0.4, -0.2) is 16.8 Å². The maximum absolute atomic E-state index is 12.3. The summed E-state index contributed by atoms with van der Waals surface area (Å²) in [5.41, 5.74) is 5.75. The summed E-state index contributed by atoms with van der Waals surface area (Å²) in [6.07, 6.45) is 0.162. The van der Waals surface area contributed by atoms with Crippen LogP contribution in [-0.2, 0) is 9.59 Å². The van der Waals surface area contributed by atoms with E-state index in [1.165, 1.54) is 6.07 Å². The highest BCUT2D eigenvalue weighted by atomic mass is 35.5. The molecule has 2 rings (SSSR count). The summed E-state index contributed by atoms with van der Waals surface area (Å²) in [5.74, 6) is -0.535. The fraction of sp³-hybridized carbons (Fsp3) is 0.308. The number of rotatable bonds is 2. The summed E-state index contributed by atoms with van der Waals surface area (Å²) in [4.78, 5) is 25.6. The number of imide groups is 1. The van der Waals surface area contributed by atoms with Crippen LogP contribution in [0.1, 0.15) is 25.8 Å². The Hall–Kier alpha value is -1.46. The van der Waals surface area contributed by atoms with E-state index in [1.807, 2.05) is 0 Å².